The number of anilines is 1. The zero-order valence-corrected chi connectivity index (χ0v) is 16.7. The lowest BCUT2D eigenvalue weighted by molar-refractivity contribution is 0.0941. The Balaban J connectivity index is 2.20. The highest BCUT2D eigenvalue weighted by atomic mass is 79.9. The van der Waals surface area contributed by atoms with Crippen molar-refractivity contribution in [3.05, 3.63) is 58.1 Å². The van der Waals surface area contributed by atoms with E-state index in [4.69, 9.17) is 4.74 Å². The topological polar surface area (TPSA) is 67.4 Å². The number of amides is 2. The second-order valence-electron chi connectivity index (χ2n) is 6.15. The maximum absolute atomic E-state index is 12.7. The summed E-state index contributed by atoms with van der Waals surface area (Å²) in [5, 5.41) is 5.66. The maximum atomic E-state index is 12.7. The van der Waals surface area contributed by atoms with Gasteiger partial charge in [0.2, 0.25) is 0 Å². The van der Waals surface area contributed by atoms with Crippen LogP contribution in [0.4, 0.5) is 5.69 Å². The van der Waals surface area contributed by atoms with Gasteiger partial charge < -0.3 is 15.4 Å². The smallest absolute Gasteiger partial charge is 0.259 e. The van der Waals surface area contributed by atoms with Crippen LogP contribution in [0.25, 0.3) is 0 Å². The Morgan fingerprint density at radius 2 is 1.88 bits per heavy atom. The molecule has 2 aromatic rings. The van der Waals surface area contributed by atoms with Crippen LogP contribution in [0, 0.1) is 0 Å². The molecule has 2 rings (SSSR count). The van der Waals surface area contributed by atoms with Gasteiger partial charge in [-0.05, 0) is 56.7 Å². The number of benzene rings is 2. The zero-order valence-electron chi connectivity index (χ0n) is 15.1. The first-order valence-corrected chi connectivity index (χ1v) is 9.34. The van der Waals surface area contributed by atoms with E-state index >= 15 is 0 Å². The molecule has 0 saturated carbocycles. The molecule has 0 radical (unpaired) electrons. The van der Waals surface area contributed by atoms with Crippen molar-refractivity contribution < 1.29 is 14.3 Å². The molecule has 0 aliphatic carbocycles. The van der Waals surface area contributed by atoms with Gasteiger partial charge in [-0.1, -0.05) is 28.9 Å². The summed E-state index contributed by atoms with van der Waals surface area (Å²) in [6.45, 7) is 6.34. The summed E-state index contributed by atoms with van der Waals surface area (Å²) < 4.78 is 6.45. The first-order chi connectivity index (χ1) is 12.4. The Morgan fingerprint density at radius 1 is 1.12 bits per heavy atom. The van der Waals surface area contributed by atoms with Gasteiger partial charge in [0, 0.05) is 21.8 Å². The quantitative estimate of drug-likeness (QED) is 0.688. The predicted molar refractivity (Wildman–Crippen MR) is 107 cm³/mol. The molecule has 0 bridgehead atoms. The lowest BCUT2D eigenvalue weighted by Gasteiger charge is -2.13. The van der Waals surface area contributed by atoms with Crippen molar-refractivity contribution in [2.75, 3.05) is 11.9 Å². The molecule has 0 aliphatic rings. The number of carbonyl (C=O) groups excluding carboxylic acids is 2. The monoisotopic (exact) mass is 418 g/mol. The second-order valence-corrected chi connectivity index (χ2v) is 7.07. The molecule has 0 fully saturated rings. The van der Waals surface area contributed by atoms with Crippen LogP contribution in [0.15, 0.2) is 46.9 Å². The SMILES string of the molecule is CCCOc1ccc(Br)cc1C(=O)Nc1cccc(C(=O)NC(C)C)c1. The highest BCUT2D eigenvalue weighted by molar-refractivity contribution is 9.10. The fourth-order valence-corrected chi connectivity index (χ4v) is 2.66. The van der Waals surface area contributed by atoms with Crippen LogP contribution >= 0.6 is 15.9 Å². The van der Waals surface area contributed by atoms with Crippen molar-refractivity contribution in [3.8, 4) is 5.75 Å². The third kappa shape index (κ3) is 5.59. The Morgan fingerprint density at radius 3 is 2.58 bits per heavy atom. The number of carbonyl (C=O) groups is 2. The number of hydrogen-bond donors (Lipinski definition) is 2. The molecule has 5 nitrogen and oxygen atoms in total. The Hall–Kier alpha value is -2.34. The van der Waals surface area contributed by atoms with Crippen molar-refractivity contribution in [2.24, 2.45) is 0 Å². The van der Waals surface area contributed by atoms with E-state index in [2.05, 4.69) is 26.6 Å². The lowest BCUT2D eigenvalue weighted by atomic mass is 10.1. The maximum Gasteiger partial charge on any atom is 0.259 e. The van der Waals surface area contributed by atoms with E-state index in [0.717, 1.165) is 10.9 Å². The van der Waals surface area contributed by atoms with E-state index in [9.17, 15) is 9.59 Å². The van der Waals surface area contributed by atoms with Crippen LogP contribution in [0.2, 0.25) is 0 Å². The zero-order chi connectivity index (χ0) is 19.1. The fourth-order valence-electron chi connectivity index (χ4n) is 2.30. The van der Waals surface area contributed by atoms with Crippen LogP contribution < -0.4 is 15.4 Å². The number of nitrogens with one attached hydrogen (secondary N) is 2. The van der Waals surface area contributed by atoms with Crippen molar-refractivity contribution in [1.82, 2.24) is 5.32 Å². The van der Waals surface area contributed by atoms with E-state index in [-0.39, 0.29) is 17.9 Å². The van der Waals surface area contributed by atoms with Gasteiger partial charge in [0.05, 0.1) is 12.2 Å². The molecule has 0 unspecified atom stereocenters. The Kier molecular flexibility index (Phi) is 7.21. The summed E-state index contributed by atoms with van der Waals surface area (Å²) in [5.41, 5.74) is 1.48. The van der Waals surface area contributed by atoms with Crippen LogP contribution in [-0.4, -0.2) is 24.5 Å². The molecular formula is C20H23BrN2O3. The second kappa shape index (κ2) is 9.38. The van der Waals surface area contributed by atoms with Crippen LogP contribution in [0.3, 0.4) is 0 Å². The summed E-state index contributed by atoms with van der Waals surface area (Å²) in [5.74, 6) is 0.0607. The van der Waals surface area contributed by atoms with Crippen LogP contribution in [0.5, 0.6) is 5.75 Å². The molecule has 0 aliphatic heterocycles. The number of hydrogen-bond acceptors (Lipinski definition) is 3. The molecule has 0 heterocycles. The average molecular weight is 419 g/mol. The van der Waals surface area contributed by atoms with Crippen molar-refractivity contribution in [3.63, 3.8) is 0 Å². The molecule has 2 amide bonds. The van der Waals surface area contributed by atoms with Gasteiger partial charge in [0.25, 0.3) is 11.8 Å². The van der Waals surface area contributed by atoms with Gasteiger partial charge >= 0.3 is 0 Å². The lowest BCUT2D eigenvalue weighted by Crippen LogP contribution is -2.30. The van der Waals surface area contributed by atoms with Gasteiger partial charge in [-0.2, -0.15) is 0 Å². The molecule has 26 heavy (non-hydrogen) atoms. The Labute approximate surface area is 162 Å². The molecule has 0 spiro atoms. The summed E-state index contributed by atoms with van der Waals surface area (Å²) in [6.07, 6.45) is 0.851. The summed E-state index contributed by atoms with van der Waals surface area (Å²) in [4.78, 5) is 24.8. The molecule has 138 valence electrons. The first kappa shape index (κ1) is 20.0. The van der Waals surface area contributed by atoms with Crippen molar-refractivity contribution in [1.29, 1.82) is 0 Å². The van der Waals surface area contributed by atoms with E-state index < -0.39 is 0 Å². The van der Waals surface area contributed by atoms with E-state index in [0.29, 0.717) is 29.2 Å². The van der Waals surface area contributed by atoms with E-state index in [1.165, 1.54) is 0 Å². The van der Waals surface area contributed by atoms with E-state index in [1.807, 2.05) is 26.8 Å². The fraction of sp³-hybridized carbons (Fsp3) is 0.300. The Bertz CT molecular complexity index is 790. The van der Waals surface area contributed by atoms with Gasteiger partial charge in [0.15, 0.2) is 0 Å². The summed E-state index contributed by atoms with van der Waals surface area (Å²) >= 11 is 3.38. The molecule has 0 atom stereocenters. The average Bonchev–Trinajstić information content (AvgIpc) is 2.60. The van der Waals surface area contributed by atoms with Gasteiger partial charge in [-0.3, -0.25) is 9.59 Å². The standard InChI is InChI=1S/C20H23BrN2O3/c1-4-10-26-18-9-8-15(21)12-17(18)20(25)23-16-7-5-6-14(11-16)19(24)22-13(2)3/h5-9,11-13H,4,10H2,1-3H3,(H,22,24)(H,23,25). The van der Waals surface area contributed by atoms with Crippen LogP contribution in [0.1, 0.15) is 47.9 Å². The highest BCUT2D eigenvalue weighted by Gasteiger charge is 2.15. The molecule has 0 aromatic heterocycles. The normalized spacial score (nSPS) is 10.5. The molecule has 2 N–H and O–H groups in total. The minimum absolute atomic E-state index is 0.0423. The minimum Gasteiger partial charge on any atom is -0.493 e. The van der Waals surface area contributed by atoms with Gasteiger partial charge in [0.1, 0.15) is 5.75 Å². The van der Waals surface area contributed by atoms with Crippen molar-refractivity contribution in [2.45, 2.75) is 33.2 Å². The number of rotatable bonds is 7. The molecule has 0 saturated heterocycles. The van der Waals surface area contributed by atoms with Gasteiger partial charge in [-0.15, -0.1) is 0 Å². The molecular weight excluding hydrogens is 396 g/mol. The highest BCUT2D eigenvalue weighted by Crippen LogP contribution is 2.25. The van der Waals surface area contributed by atoms with Crippen molar-refractivity contribution >= 4 is 33.4 Å². The third-order valence-corrected chi connectivity index (χ3v) is 3.94. The van der Waals surface area contributed by atoms with E-state index in [1.54, 1.807) is 36.4 Å². The molecule has 6 heteroatoms. The minimum atomic E-state index is -0.293. The predicted octanol–water partition coefficient (Wildman–Crippen LogP) is 4.63. The number of halogens is 1. The third-order valence-electron chi connectivity index (χ3n) is 3.45. The summed E-state index contributed by atoms with van der Waals surface area (Å²) in [6, 6.07) is 12.2. The van der Waals surface area contributed by atoms with Gasteiger partial charge in [-0.25, -0.2) is 0 Å². The number of ether oxygens (including phenoxy) is 1. The molecule has 2 aromatic carbocycles. The first-order valence-electron chi connectivity index (χ1n) is 8.55. The largest absolute Gasteiger partial charge is 0.493 e. The summed E-state index contributed by atoms with van der Waals surface area (Å²) in [7, 11) is 0. The van der Waals surface area contributed by atoms with Crippen LogP contribution in [-0.2, 0) is 0 Å².